The average Bonchev–Trinajstić information content (AvgIpc) is 2.60. The van der Waals surface area contributed by atoms with E-state index in [2.05, 4.69) is 30.4 Å². The van der Waals surface area contributed by atoms with Gasteiger partial charge in [0.05, 0.1) is 0 Å². The van der Waals surface area contributed by atoms with Crippen molar-refractivity contribution in [2.45, 2.75) is 45.6 Å². The molecule has 0 aromatic heterocycles. The molecule has 0 bridgehead atoms. The second-order valence-corrected chi connectivity index (χ2v) is 6.44. The first-order valence-electron chi connectivity index (χ1n) is 8.98. The van der Waals surface area contributed by atoms with E-state index in [9.17, 15) is 18.4 Å². The summed E-state index contributed by atoms with van der Waals surface area (Å²) in [5.74, 6) is 0.474. The summed E-state index contributed by atoms with van der Waals surface area (Å²) in [5, 5.41) is 5.20. The van der Waals surface area contributed by atoms with Gasteiger partial charge in [-0.15, -0.1) is 12.3 Å². The predicted molar refractivity (Wildman–Crippen MR) is 102 cm³/mol. The molecule has 1 aromatic rings. The molecule has 1 rings (SSSR count). The molecule has 146 valence electrons. The highest BCUT2D eigenvalue weighted by Gasteiger charge is 2.20. The third-order valence-corrected chi connectivity index (χ3v) is 4.07. The van der Waals surface area contributed by atoms with E-state index in [1.807, 2.05) is 0 Å². The second-order valence-electron chi connectivity index (χ2n) is 6.44. The van der Waals surface area contributed by atoms with Crippen LogP contribution in [0.2, 0.25) is 0 Å². The number of hydrogen-bond acceptors (Lipinski definition) is 2. The van der Waals surface area contributed by atoms with Crippen LogP contribution < -0.4 is 10.6 Å². The number of carbonyl (C=O) groups excluding carboxylic acids is 2. The van der Waals surface area contributed by atoms with Crippen LogP contribution in [0, 0.1) is 29.9 Å². The van der Waals surface area contributed by atoms with Crippen molar-refractivity contribution < 1.29 is 18.4 Å². The molecule has 0 saturated heterocycles. The molecule has 0 aliphatic heterocycles. The van der Waals surface area contributed by atoms with E-state index in [1.165, 1.54) is 6.08 Å². The summed E-state index contributed by atoms with van der Waals surface area (Å²) in [6.45, 7) is 4.39. The summed E-state index contributed by atoms with van der Waals surface area (Å²) < 4.78 is 26.8. The summed E-state index contributed by atoms with van der Waals surface area (Å²) in [7, 11) is 0. The largest absolute Gasteiger partial charge is 0.353 e. The Bertz CT molecular complexity index is 690. The fourth-order valence-corrected chi connectivity index (χ4v) is 2.35. The molecule has 0 fully saturated rings. The minimum atomic E-state index is -0.968. The van der Waals surface area contributed by atoms with Gasteiger partial charge >= 0.3 is 0 Å². The van der Waals surface area contributed by atoms with Crippen molar-refractivity contribution in [3.8, 4) is 12.3 Å². The van der Waals surface area contributed by atoms with Crippen molar-refractivity contribution in [3.05, 3.63) is 47.5 Å². The molecule has 6 heteroatoms. The maximum Gasteiger partial charge on any atom is 0.244 e. The van der Waals surface area contributed by atoms with Crippen molar-refractivity contribution >= 4 is 11.8 Å². The first kappa shape index (κ1) is 22.4. The van der Waals surface area contributed by atoms with Crippen molar-refractivity contribution in [3.63, 3.8) is 0 Å². The number of amides is 2. The molecule has 2 amide bonds. The second kappa shape index (κ2) is 11.8. The highest BCUT2D eigenvalue weighted by Crippen LogP contribution is 2.11. The molecule has 27 heavy (non-hydrogen) atoms. The summed E-state index contributed by atoms with van der Waals surface area (Å²) in [6.07, 6.45) is 10.3. The molecule has 0 aliphatic rings. The highest BCUT2D eigenvalue weighted by molar-refractivity contribution is 5.93. The van der Waals surface area contributed by atoms with Crippen LogP contribution in [0.1, 0.15) is 38.7 Å². The molecule has 2 N–H and O–H groups in total. The number of halogens is 2. The van der Waals surface area contributed by atoms with Gasteiger partial charge in [-0.25, -0.2) is 8.78 Å². The quantitative estimate of drug-likeness (QED) is 0.374. The Hall–Kier alpha value is -2.68. The Morgan fingerprint density at radius 2 is 1.93 bits per heavy atom. The molecule has 0 spiro atoms. The molecular formula is C21H26F2N2O2. The molecule has 1 aromatic carbocycles. The standard InChI is InChI=1S/C21H26F2N2O2/c1-4-6-10-24-21(27)19(13-16-11-17(22)14-18(23)12-16)25-20(26)9-7-8-15(3)5-2/h1,7,9,11-12,14-15,19H,5-6,8,10,13H2,2-3H3,(H,24,27)(H,25,26)/b9-7+. The maximum absolute atomic E-state index is 13.4. The minimum Gasteiger partial charge on any atom is -0.353 e. The molecule has 4 nitrogen and oxygen atoms in total. The molecule has 0 saturated carbocycles. The lowest BCUT2D eigenvalue weighted by atomic mass is 10.0. The van der Waals surface area contributed by atoms with Crippen LogP contribution in [0.4, 0.5) is 8.78 Å². The van der Waals surface area contributed by atoms with E-state index in [1.54, 1.807) is 6.08 Å². The molecular weight excluding hydrogens is 350 g/mol. The Morgan fingerprint density at radius 1 is 1.26 bits per heavy atom. The first-order valence-corrected chi connectivity index (χ1v) is 8.98. The number of carbonyl (C=O) groups is 2. The van der Waals surface area contributed by atoms with E-state index >= 15 is 0 Å². The molecule has 0 radical (unpaired) electrons. The summed E-state index contributed by atoms with van der Waals surface area (Å²) in [4.78, 5) is 24.5. The zero-order valence-corrected chi connectivity index (χ0v) is 15.7. The van der Waals surface area contributed by atoms with Gasteiger partial charge in [0, 0.05) is 25.5 Å². The van der Waals surface area contributed by atoms with Gasteiger partial charge in [-0.1, -0.05) is 26.3 Å². The fourth-order valence-electron chi connectivity index (χ4n) is 2.35. The number of nitrogens with one attached hydrogen (secondary N) is 2. The monoisotopic (exact) mass is 376 g/mol. The zero-order chi connectivity index (χ0) is 20.2. The number of allylic oxidation sites excluding steroid dienone is 1. The molecule has 0 aliphatic carbocycles. The average molecular weight is 376 g/mol. The van der Waals surface area contributed by atoms with Crippen LogP contribution in [0.3, 0.4) is 0 Å². The van der Waals surface area contributed by atoms with Crippen LogP contribution in [0.25, 0.3) is 0 Å². The van der Waals surface area contributed by atoms with Gasteiger partial charge in [0.25, 0.3) is 0 Å². The van der Waals surface area contributed by atoms with Crippen LogP contribution in [0.15, 0.2) is 30.4 Å². The van der Waals surface area contributed by atoms with Crippen molar-refractivity contribution in [1.82, 2.24) is 10.6 Å². The van der Waals surface area contributed by atoms with Crippen LogP contribution >= 0.6 is 0 Å². The number of hydrogen-bond donors (Lipinski definition) is 2. The SMILES string of the molecule is C#CCCNC(=O)C(Cc1cc(F)cc(F)c1)NC(=O)/C=C/CC(C)CC. The van der Waals surface area contributed by atoms with Gasteiger partial charge in [-0.3, -0.25) is 9.59 Å². The lowest BCUT2D eigenvalue weighted by Gasteiger charge is -2.18. The van der Waals surface area contributed by atoms with Crippen molar-refractivity contribution in [1.29, 1.82) is 0 Å². The summed E-state index contributed by atoms with van der Waals surface area (Å²) in [5.41, 5.74) is 0.272. The van der Waals surface area contributed by atoms with E-state index in [0.717, 1.165) is 31.0 Å². The fraction of sp³-hybridized carbons (Fsp3) is 0.429. The van der Waals surface area contributed by atoms with E-state index in [0.29, 0.717) is 12.3 Å². The summed E-state index contributed by atoms with van der Waals surface area (Å²) >= 11 is 0. The summed E-state index contributed by atoms with van der Waals surface area (Å²) in [6, 6.07) is 2.05. The third kappa shape index (κ3) is 9.00. The normalized spacial score (nSPS) is 13.0. The lowest BCUT2D eigenvalue weighted by molar-refractivity contribution is -0.127. The topological polar surface area (TPSA) is 58.2 Å². The molecule has 2 unspecified atom stereocenters. The highest BCUT2D eigenvalue weighted by atomic mass is 19.1. The predicted octanol–water partition coefficient (Wildman–Crippen LogP) is 3.12. The van der Waals surface area contributed by atoms with Crippen LogP contribution in [-0.4, -0.2) is 24.4 Å². The van der Waals surface area contributed by atoms with Crippen LogP contribution in [0.5, 0.6) is 0 Å². The van der Waals surface area contributed by atoms with E-state index in [4.69, 9.17) is 6.42 Å². The number of terminal acetylenes is 1. The van der Waals surface area contributed by atoms with Gasteiger partial charge in [0.15, 0.2) is 0 Å². The van der Waals surface area contributed by atoms with E-state index in [-0.39, 0.29) is 18.5 Å². The maximum atomic E-state index is 13.4. The zero-order valence-electron chi connectivity index (χ0n) is 15.7. The minimum absolute atomic E-state index is 0.0402. The van der Waals surface area contributed by atoms with Crippen LogP contribution in [-0.2, 0) is 16.0 Å². The van der Waals surface area contributed by atoms with Gasteiger partial charge in [-0.05, 0) is 36.1 Å². The van der Waals surface area contributed by atoms with E-state index < -0.39 is 29.5 Å². The molecule has 0 heterocycles. The smallest absolute Gasteiger partial charge is 0.244 e. The third-order valence-electron chi connectivity index (χ3n) is 4.07. The Kier molecular flexibility index (Phi) is 9.81. The van der Waals surface area contributed by atoms with Crippen molar-refractivity contribution in [2.24, 2.45) is 5.92 Å². The first-order chi connectivity index (χ1) is 12.8. The van der Waals surface area contributed by atoms with Gasteiger partial charge in [-0.2, -0.15) is 0 Å². The Morgan fingerprint density at radius 3 is 2.52 bits per heavy atom. The van der Waals surface area contributed by atoms with Gasteiger partial charge in [0.1, 0.15) is 17.7 Å². The number of rotatable bonds is 10. The Labute approximate surface area is 159 Å². The Balaban J connectivity index is 2.82. The lowest BCUT2D eigenvalue weighted by Crippen LogP contribution is -2.47. The van der Waals surface area contributed by atoms with Gasteiger partial charge < -0.3 is 10.6 Å². The van der Waals surface area contributed by atoms with Gasteiger partial charge in [0.2, 0.25) is 11.8 Å². The number of benzene rings is 1. The molecule has 2 atom stereocenters. The van der Waals surface area contributed by atoms with Crippen molar-refractivity contribution in [2.75, 3.05) is 6.54 Å².